The number of ether oxygens (including phenoxy) is 1. The number of hydrogen-bond donors (Lipinski definition) is 4. The second kappa shape index (κ2) is 9.31. The normalized spacial score (nSPS) is 25.4. The summed E-state index contributed by atoms with van der Waals surface area (Å²) in [5.74, 6) is 0.114. The van der Waals surface area contributed by atoms with E-state index in [1.165, 1.54) is 11.6 Å². The van der Waals surface area contributed by atoms with Crippen LogP contribution in [-0.4, -0.2) is 66.5 Å². The van der Waals surface area contributed by atoms with Gasteiger partial charge in [-0.05, 0) is 24.4 Å². The summed E-state index contributed by atoms with van der Waals surface area (Å²) >= 11 is 5.75. The highest BCUT2D eigenvalue weighted by Crippen LogP contribution is 2.31. The number of aliphatic hydroxyl groups excluding tert-OH is 3. The zero-order chi connectivity index (χ0) is 22.8. The molecule has 0 radical (unpaired) electrons. The van der Waals surface area contributed by atoms with E-state index in [9.17, 15) is 20.1 Å². The van der Waals surface area contributed by atoms with Crippen LogP contribution in [0.5, 0.6) is 0 Å². The van der Waals surface area contributed by atoms with Crippen molar-refractivity contribution in [3.05, 3.63) is 65.4 Å². The first-order valence-electron chi connectivity index (χ1n) is 10.1. The minimum Gasteiger partial charge on any atom is -0.394 e. The molecule has 2 aromatic carbocycles. The maximum atomic E-state index is 11.8. The van der Waals surface area contributed by atoms with Crippen LogP contribution >= 0.6 is 12.2 Å². The number of nitrogens with one attached hydrogen (secondary N) is 1. The summed E-state index contributed by atoms with van der Waals surface area (Å²) in [7, 11) is 0. The molecule has 1 amide bonds. The molecular weight excluding hydrogens is 432 g/mol. The minimum absolute atomic E-state index is 0.260. The molecular formula is C22H24N4O5S. The minimum atomic E-state index is -1.40. The van der Waals surface area contributed by atoms with Crippen molar-refractivity contribution >= 4 is 18.1 Å². The van der Waals surface area contributed by atoms with E-state index >= 15 is 0 Å². The average molecular weight is 457 g/mol. The number of nitrogens with zero attached hydrogens (tertiary/aromatic N) is 3. The van der Waals surface area contributed by atoms with Crippen LogP contribution in [-0.2, 0) is 9.53 Å². The number of rotatable bonds is 5. The predicted molar refractivity (Wildman–Crippen MR) is 118 cm³/mol. The van der Waals surface area contributed by atoms with Crippen LogP contribution in [0.1, 0.15) is 13.2 Å². The van der Waals surface area contributed by atoms with E-state index in [0.717, 1.165) is 11.3 Å². The van der Waals surface area contributed by atoms with E-state index in [1.54, 1.807) is 4.57 Å². The van der Waals surface area contributed by atoms with Crippen LogP contribution in [0.15, 0.2) is 60.7 Å². The van der Waals surface area contributed by atoms with Gasteiger partial charge in [-0.1, -0.05) is 48.5 Å². The molecule has 1 aliphatic rings. The molecule has 9 nitrogen and oxygen atoms in total. The van der Waals surface area contributed by atoms with Gasteiger partial charge in [0.1, 0.15) is 24.4 Å². The molecule has 168 valence electrons. The van der Waals surface area contributed by atoms with Crippen LogP contribution < -0.4 is 5.32 Å². The molecule has 1 aliphatic heterocycles. The third-order valence-electron chi connectivity index (χ3n) is 5.36. The van der Waals surface area contributed by atoms with Crippen molar-refractivity contribution in [2.24, 2.45) is 0 Å². The summed E-state index contributed by atoms with van der Waals surface area (Å²) in [6.45, 7) is 0.769. The first-order valence-corrected chi connectivity index (χ1v) is 10.5. The standard InChI is InChI=1S/C22H24N4O5S/c1-13(28)23-17-19(30)18(29)16(12-27)31-21(17)26-22(32)25(15-10-6-3-7-11-15)20(24-26)14-8-4-2-5-9-14/h2-11,16-19,21,27,29-30H,12H2,1H3,(H,23,28)/t16-,17+,18+,19+,21-/m0/s1. The van der Waals surface area contributed by atoms with Crippen LogP contribution in [0.3, 0.4) is 0 Å². The van der Waals surface area contributed by atoms with Gasteiger partial charge in [0.2, 0.25) is 10.7 Å². The highest BCUT2D eigenvalue weighted by molar-refractivity contribution is 7.71. The average Bonchev–Trinajstić information content (AvgIpc) is 3.15. The van der Waals surface area contributed by atoms with Crippen molar-refractivity contribution in [2.75, 3.05) is 6.61 Å². The van der Waals surface area contributed by atoms with Gasteiger partial charge in [-0.3, -0.25) is 9.36 Å². The lowest BCUT2D eigenvalue weighted by molar-refractivity contribution is -0.219. The molecule has 1 aromatic heterocycles. The lowest BCUT2D eigenvalue weighted by atomic mass is 9.96. The summed E-state index contributed by atoms with van der Waals surface area (Å²) < 4.78 is 9.30. The van der Waals surface area contributed by atoms with E-state index in [-0.39, 0.29) is 4.77 Å². The highest BCUT2D eigenvalue weighted by Gasteiger charge is 2.46. The van der Waals surface area contributed by atoms with Crippen molar-refractivity contribution in [1.82, 2.24) is 19.7 Å². The van der Waals surface area contributed by atoms with E-state index in [1.807, 2.05) is 60.7 Å². The van der Waals surface area contributed by atoms with Gasteiger partial charge in [0.05, 0.1) is 6.61 Å². The summed E-state index contributed by atoms with van der Waals surface area (Å²) in [5, 5.41) is 38.0. The molecule has 0 saturated carbocycles. The number of carbonyl (C=O) groups is 1. The molecule has 0 aliphatic carbocycles. The lowest BCUT2D eigenvalue weighted by Crippen LogP contribution is -2.62. The zero-order valence-corrected chi connectivity index (χ0v) is 18.1. The fourth-order valence-electron chi connectivity index (χ4n) is 3.83. The molecule has 5 atom stereocenters. The highest BCUT2D eigenvalue weighted by atomic mass is 32.1. The first kappa shape index (κ1) is 22.3. The second-order valence-corrected chi connectivity index (χ2v) is 7.91. The Balaban J connectivity index is 1.89. The molecule has 1 fully saturated rings. The van der Waals surface area contributed by atoms with Gasteiger partial charge in [0.25, 0.3) is 0 Å². The Labute approximate surface area is 189 Å². The summed E-state index contributed by atoms with van der Waals surface area (Å²) in [6, 6.07) is 17.8. The van der Waals surface area contributed by atoms with E-state index in [2.05, 4.69) is 5.32 Å². The SMILES string of the molecule is CC(=O)N[C@@H]1[C@@H](O)[C@H](O)[C@H](CO)O[C@@H]1n1nc(-c2ccccc2)n(-c2ccccc2)c1=S. The topological polar surface area (TPSA) is 122 Å². The van der Waals surface area contributed by atoms with Gasteiger partial charge in [0.15, 0.2) is 12.1 Å². The van der Waals surface area contributed by atoms with Gasteiger partial charge in [-0.15, -0.1) is 5.10 Å². The van der Waals surface area contributed by atoms with Gasteiger partial charge < -0.3 is 25.4 Å². The molecule has 1 saturated heterocycles. The van der Waals surface area contributed by atoms with Crippen LogP contribution in [0.4, 0.5) is 0 Å². The molecule has 0 bridgehead atoms. The van der Waals surface area contributed by atoms with Crippen LogP contribution in [0, 0.1) is 4.77 Å². The van der Waals surface area contributed by atoms with Crippen molar-refractivity contribution < 1.29 is 24.9 Å². The van der Waals surface area contributed by atoms with Crippen LogP contribution in [0.2, 0.25) is 0 Å². The summed E-state index contributed by atoms with van der Waals surface area (Å²) in [4.78, 5) is 11.8. The maximum absolute atomic E-state index is 11.8. The Morgan fingerprint density at radius 1 is 1.09 bits per heavy atom. The number of amides is 1. The molecule has 32 heavy (non-hydrogen) atoms. The fourth-order valence-corrected chi connectivity index (χ4v) is 4.17. The van der Waals surface area contributed by atoms with Crippen molar-refractivity contribution in [1.29, 1.82) is 0 Å². The first-order chi connectivity index (χ1) is 15.4. The Bertz CT molecular complexity index is 1130. The largest absolute Gasteiger partial charge is 0.394 e. The maximum Gasteiger partial charge on any atom is 0.217 e. The number of aromatic nitrogens is 3. The molecule has 3 aromatic rings. The predicted octanol–water partition coefficient (Wildman–Crippen LogP) is 1.19. The van der Waals surface area contributed by atoms with E-state index in [4.69, 9.17) is 22.1 Å². The smallest absolute Gasteiger partial charge is 0.217 e. The van der Waals surface area contributed by atoms with Gasteiger partial charge in [-0.25, -0.2) is 4.68 Å². The van der Waals surface area contributed by atoms with Crippen molar-refractivity contribution in [3.8, 4) is 17.1 Å². The van der Waals surface area contributed by atoms with E-state index in [0.29, 0.717) is 5.82 Å². The summed E-state index contributed by atoms with van der Waals surface area (Å²) in [5.41, 5.74) is 1.57. The lowest BCUT2D eigenvalue weighted by Gasteiger charge is -2.42. The van der Waals surface area contributed by atoms with Crippen molar-refractivity contribution in [3.63, 3.8) is 0 Å². The number of hydrogen-bond acceptors (Lipinski definition) is 7. The molecule has 4 N–H and O–H groups in total. The number of para-hydroxylation sites is 1. The Kier molecular flexibility index (Phi) is 6.49. The third-order valence-corrected chi connectivity index (χ3v) is 5.73. The second-order valence-electron chi connectivity index (χ2n) is 7.54. The Morgan fingerprint density at radius 2 is 1.72 bits per heavy atom. The van der Waals surface area contributed by atoms with Crippen LogP contribution in [0.25, 0.3) is 17.1 Å². The number of benzene rings is 2. The zero-order valence-electron chi connectivity index (χ0n) is 17.3. The molecule has 4 rings (SSSR count). The summed E-state index contributed by atoms with van der Waals surface area (Å²) in [6.07, 6.45) is -4.94. The van der Waals surface area contributed by atoms with Gasteiger partial charge in [-0.2, -0.15) is 0 Å². The quantitative estimate of drug-likeness (QED) is 0.426. The van der Waals surface area contributed by atoms with Crippen molar-refractivity contribution in [2.45, 2.75) is 37.5 Å². The van der Waals surface area contributed by atoms with Gasteiger partial charge in [0, 0.05) is 18.2 Å². The van der Waals surface area contributed by atoms with E-state index < -0.39 is 43.1 Å². The monoisotopic (exact) mass is 456 g/mol. The molecule has 10 heteroatoms. The Hall–Kier alpha value is -2.89. The number of carbonyl (C=O) groups excluding carboxylic acids is 1. The van der Waals surface area contributed by atoms with Gasteiger partial charge >= 0.3 is 0 Å². The third kappa shape index (κ3) is 4.10. The molecule has 0 unspecified atom stereocenters. The molecule has 0 spiro atoms. The number of aliphatic hydroxyl groups is 3. The fraction of sp³-hybridized carbons (Fsp3) is 0.318. The molecule has 2 heterocycles. The Morgan fingerprint density at radius 3 is 2.31 bits per heavy atom.